The second-order valence-electron chi connectivity index (χ2n) is 17.4. The van der Waals surface area contributed by atoms with Crippen LogP contribution in [0.3, 0.4) is 0 Å². The molecular weight excluding hydrogens is 677 g/mol. The van der Waals surface area contributed by atoms with Crippen LogP contribution in [0.4, 0.5) is 34.1 Å². The first-order chi connectivity index (χ1) is 27.0. The maximum atomic E-state index is 2.59. The zero-order valence-electron chi connectivity index (χ0n) is 34.1. The zero-order valence-corrected chi connectivity index (χ0v) is 34.1. The number of nitrogens with zero attached hydrogens (tertiary/aromatic N) is 2. The smallest absolute Gasteiger partial charge is 0.0467 e. The standard InChI is InChI=1S/C54H52N2/c1-35(2)44-31-42(56(39-25-17-11-18-26-39)40-27-19-12-20-28-40)33-48-49(44)46-34-45(36(3)4)50-43-30-29-41(32-47(43)53(5,6)52(50)51(46)54(48,7)8)55(37-21-13-9-14-22-37)38-23-15-10-16-24-38/h9-36H,1-8H3. The van der Waals surface area contributed by atoms with Crippen LogP contribution >= 0.6 is 0 Å². The molecule has 7 aromatic carbocycles. The van der Waals surface area contributed by atoms with Gasteiger partial charge in [0.05, 0.1) is 0 Å². The van der Waals surface area contributed by atoms with Gasteiger partial charge in [-0.1, -0.05) is 134 Å². The molecule has 0 atom stereocenters. The van der Waals surface area contributed by atoms with E-state index < -0.39 is 0 Å². The first kappa shape index (κ1) is 35.8. The van der Waals surface area contributed by atoms with Crippen molar-refractivity contribution in [3.8, 4) is 22.3 Å². The number of fused-ring (bicyclic) bond motifs is 7. The highest BCUT2D eigenvalue weighted by atomic mass is 15.1. The molecule has 0 aliphatic heterocycles. The van der Waals surface area contributed by atoms with Crippen molar-refractivity contribution in [3.63, 3.8) is 0 Å². The van der Waals surface area contributed by atoms with Crippen LogP contribution in [-0.2, 0) is 10.8 Å². The SMILES string of the molecule is CC(C)c1cc(N(c2ccccc2)c2ccccc2)cc2c1-c1cc(C(C)C)c3c(c1C2(C)C)C(C)(C)c1cc(N(c2ccccc2)c2ccccc2)ccc1-3. The molecule has 56 heavy (non-hydrogen) atoms. The van der Waals surface area contributed by atoms with Gasteiger partial charge in [0.1, 0.15) is 0 Å². The molecule has 2 nitrogen and oxygen atoms in total. The van der Waals surface area contributed by atoms with E-state index in [0.717, 1.165) is 22.7 Å². The maximum Gasteiger partial charge on any atom is 0.0467 e. The average molecular weight is 729 g/mol. The summed E-state index contributed by atoms with van der Waals surface area (Å²) >= 11 is 0. The molecule has 0 amide bonds. The molecule has 0 unspecified atom stereocenters. The monoisotopic (exact) mass is 728 g/mol. The Morgan fingerprint density at radius 1 is 0.357 bits per heavy atom. The fraction of sp³-hybridized carbons (Fsp3) is 0.222. The topological polar surface area (TPSA) is 6.48 Å². The van der Waals surface area contributed by atoms with Gasteiger partial charge in [0.15, 0.2) is 0 Å². The van der Waals surface area contributed by atoms with Crippen LogP contribution in [0.25, 0.3) is 22.3 Å². The Morgan fingerprint density at radius 3 is 1.23 bits per heavy atom. The van der Waals surface area contributed by atoms with Crippen LogP contribution < -0.4 is 9.80 Å². The molecule has 2 heteroatoms. The van der Waals surface area contributed by atoms with Crippen molar-refractivity contribution in [1.82, 2.24) is 0 Å². The van der Waals surface area contributed by atoms with E-state index in [0.29, 0.717) is 11.8 Å². The molecule has 0 N–H and O–H groups in total. The van der Waals surface area contributed by atoms with Gasteiger partial charge in [0.25, 0.3) is 0 Å². The molecular formula is C54H52N2. The number of rotatable bonds is 8. The molecule has 7 aromatic rings. The molecule has 0 bridgehead atoms. The summed E-state index contributed by atoms with van der Waals surface area (Å²) in [6, 6.07) is 58.0. The highest BCUT2D eigenvalue weighted by molar-refractivity contribution is 5.96. The van der Waals surface area contributed by atoms with Gasteiger partial charge in [-0.05, 0) is 146 Å². The fourth-order valence-electron chi connectivity index (χ4n) is 9.83. The summed E-state index contributed by atoms with van der Waals surface area (Å²) in [7, 11) is 0. The molecule has 0 saturated heterocycles. The molecule has 0 fully saturated rings. The van der Waals surface area contributed by atoms with Gasteiger partial charge in [-0.3, -0.25) is 0 Å². The third-order valence-electron chi connectivity index (χ3n) is 12.5. The summed E-state index contributed by atoms with van der Waals surface area (Å²) in [6.45, 7) is 19.4. The van der Waals surface area contributed by atoms with E-state index >= 15 is 0 Å². The van der Waals surface area contributed by atoms with Crippen LogP contribution in [0.15, 0.2) is 158 Å². The third-order valence-corrected chi connectivity index (χ3v) is 12.5. The van der Waals surface area contributed by atoms with Gasteiger partial charge in [0.2, 0.25) is 0 Å². The van der Waals surface area contributed by atoms with Gasteiger partial charge in [0, 0.05) is 45.0 Å². The van der Waals surface area contributed by atoms with Crippen molar-refractivity contribution in [2.75, 3.05) is 9.80 Å². The summed E-state index contributed by atoms with van der Waals surface area (Å²) in [5, 5.41) is 0. The summed E-state index contributed by atoms with van der Waals surface area (Å²) in [4.78, 5) is 4.83. The molecule has 0 spiro atoms. The molecule has 278 valence electrons. The Hall–Kier alpha value is -5.86. The second kappa shape index (κ2) is 13.4. The van der Waals surface area contributed by atoms with E-state index in [4.69, 9.17) is 0 Å². The van der Waals surface area contributed by atoms with Crippen molar-refractivity contribution >= 4 is 34.1 Å². The average Bonchev–Trinajstić information content (AvgIpc) is 3.58. The van der Waals surface area contributed by atoms with Gasteiger partial charge < -0.3 is 9.80 Å². The lowest BCUT2D eigenvalue weighted by Crippen LogP contribution is -2.25. The summed E-state index contributed by atoms with van der Waals surface area (Å²) in [5.74, 6) is 0.700. The predicted molar refractivity (Wildman–Crippen MR) is 239 cm³/mol. The second-order valence-corrected chi connectivity index (χ2v) is 17.4. The van der Waals surface area contributed by atoms with E-state index in [1.165, 1.54) is 67.0 Å². The highest BCUT2D eigenvalue weighted by Gasteiger charge is 2.48. The predicted octanol–water partition coefficient (Wildman–Crippen LogP) is 15.5. The molecule has 0 aromatic heterocycles. The van der Waals surface area contributed by atoms with Gasteiger partial charge in [-0.25, -0.2) is 0 Å². The van der Waals surface area contributed by atoms with Crippen LogP contribution in [0, 0.1) is 0 Å². The molecule has 0 saturated carbocycles. The summed E-state index contributed by atoms with van der Waals surface area (Å²) < 4.78 is 0. The normalized spacial score (nSPS) is 14.3. The minimum atomic E-state index is -0.231. The maximum absolute atomic E-state index is 2.59. The molecule has 0 heterocycles. The number of benzene rings is 7. The van der Waals surface area contributed by atoms with E-state index in [2.05, 4.69) is 223 Å². The van der Waals surface area contributed by atoms with E-state index in [9.17, 15) is 0 Å². The van der Waals surface area contributed by atoms with Crippen molar-refractivity contribution in [2.45, 2.75) is 78.1 Å². The Labute approximate surface area is 334 Å². The van der Waals surface area contributed by atoms with Crippen molar-refractivity contribution in [1.29, 1.82) is 0 Å². The first-order valence-electron chi connectivity index (χ1n) is 20.3. The molecule has 9 rings (SSSR count). The number of para-hydroxylation sites is 4. The van der Waals surface area contributed by atoms with Crippen LogP contribution in [0.2, 0.25) is 0 Å². The number of anilines is 6. The van der Waals surface area contributed by atoms with Gasteiger partial charge in [-0.2, -0.15) is 0 Å². The lowest BCUT2D eigenvalue weighted by molar-refractivity contribution is 0.600. The van der Waals surface area contributed by atoms with E-state index in [-0.39, 0.29) is 10.8 Å². The zero-order chi connectivity index (χ0) is 38.9. The Kier molecular flexibility index (Phi) is 8.58. The first-order valence-corrected chi connectivity index (χ1v) is 20.3. The summed E-state index contributed by atoms with van der Waals surface area (Å²) in [5.41, 5.74) is 20.9. The lowest BCUT2D eigenvalue weighted by atomic mass is 9.71. The fourth-order valence-corrected chi connectivity index (χ4v) is 9.83. The number of hydrogen-bond acceptors (Lipinski definition) is 2. The molecule has 2 aliphatic rings. The molecule has 2 aliphatic carbocycles. The minimum absolute atomic E-state index is 0.227. The van der Waals surface area contributed by atoms with Gasteiger partial charge in [-0.15, -0.1) is 0 Å². The van der Waals surface area contributed by atoms with Crippen LogP contribution in [0.1, 0.15) is 101 Å². The molecule has 0 radical (unpaired) electrons. The van der Waals surface area contributed by atoms with Crippen LogP contribution in [-0.4, -0.2) is 0 Å². The largest absolute Gasteiger partial charge is 0.310 e. The van der Waals surface area contributed by atoms with Crippen molar-refractivity contribution < 1.29 is 0 Å². The Balaban J connectivity index is 1.27. The van der Waals surface area contributed by atoms with E-state index in [1.807, 2.05) is 0 Å². The van der Waals surface area contributed by atoms with Crippen molar-refractivity contribution in [3.05, 3.63) is 191 Å². The van der Waals surface area contributed by atoms with E-state index in [1.54, 1.807) is 0 Å². The Morgan fingerprint density at radius 2 is 0.768 bits per heavy atom. The summed E-state index contributed by atoms with van der Waals surface area (Å²) in [6.07, 6.45) is 0. The highest BCUT2D eigenvalue weighted by Crippen LogP contribution is 2.63. The quantitative estimate of drug-likeness (QED) is 0.154. The number of hydrogen-bond donors (Lipinski definition) is 0. The van der Waals surface area contributed by atoms with Crippen LogP contribution in [0.5, 0.6) is 0 Å². The van der Waals surface area contributed by atoms with Crippen molar-refractivity contribution in [2.24, 2.45) is 0 Å². The van der Waals surface area contributed by atoms with Gasteiger partial charge >= 0.3 is 0 Å². The third kappa shape index (κ3) is 5.53. The Bertz CT molecular complexity index is 2490. The lowest BCUT2D eigenvalue weighted by Gasteiger charge is -2.33. The minimum Gasteiger partial charge on any atom is -0.310 e.